The number of nitrogens with two attached hydrogens (primary N) is 1. The molecule has 1 atom stereocenters. The molecule has 3 N–H and O–H groups in total. The first-order chi connectivity index (χ1) is 19.7. The van der Waals surface area contributed by atoms with Crippen LogP contribution in [0.3, 0.4) is 0 Å². The summed E-state index contributed by atoms with van der Waals surface area (Å²) in [6.07, 6.45) is 3.53. The molecule has 3 heterocycles. The number of hydrogen-bond donors (Lipinski definition) is 2. The van der Waals surface area contributed by atoms with Gasteiger partial charge in [-0.05, 0) is 55.9 Å². The monoisotopic (exact) mass is 578 g/mol. The van der Waals surface area contributed by atoms with Crippen LogP contribution in [0.15, 0.2) is 53.3 Å². The van der Waals surface area contributed by atoms with Crippen molar-refractivity contribution >= 4 is 34.7 Å². The molecule has 0 spiro atoms. The third-order valence-corrected chi connectivity index (χ3v) is 8.20. The number of ether oxygens (including phenoxy) is 2. The molecule has 11 nitrogen and oxygen atoms in total. The molecule has 2 aliphatic rings. The summed E-state index contributed by atoms with van der Waals surface area (Å²) in [5.74, 6) is 0.333. The maximum Gasteiger partial charge on any atom is 0.348 e. The lowest BCUT2D eigenvalue weighted by Gasteiger charge is -2.37. The van der Waals surface area contributed by atoms with Crippen LogP contribution in [0, 0.1) is 0 Å². The van der Waals surface area contributed by atoms with E-state index in [9.17, 15) is 14.7 Å². The number of carbonyl (C=O) groups is 1. The molecule has 2 aromatic carbocycles. The maximum absolute atomic E-state index is 13.8. The van der Waals surface area contributed by atoms with Gasteiger partial charge >= 0.3 is 12.0 Å². The minimum Gasteiger partial charge on any atom is -0.478 e. The van der Waals surface area contributed by atoms with E-state index >= 15 is 0 Å². The van der Waals surface area contributed by atoms with Crippen LogP contribution in [0.5, 0.6) is 17.5 Å². The number of anilines is 1. The van der Waals surface area contributed by atoms with Crippen LogP contribution in [0.4, 0.5) is 5.95 Å². The van der Waals surface area contributed by atoms with Crippen molar-refractivity contribution in [2.75, 3.05) is 18.0 Å². The number of nitrogens with zero attached hydrogens (tertiary/aromatic N) is 5. The zero-order chi connectivity index (χ0) is 28.7. The molecule has 1 aliphatic carbocycles. The third kappa shape index (κ3) is 5.11. The highest BCUT2D eigenvalue weighted by atomic mass is 35.5. The van der Waals surface area contributed by atoms with Gasteiger partial charge in [-0.1, -0.05) is 35.9 Å². The number of aliphatic carboxylic acids is 1. The van der Waals surface area contributed by atoms with Crippen molar-refractivity contribution < 1.29 is 19.4 Å². The maximum atomic E-state index is 13.8. The van der Waals surface area contributed by atoms with Crippen molar-refractivity contribution in [3.8, 4) is 17.5 Å². The number of fused-ring (bicyclic) bond motifs is 1. The number of rotatable bonds is 8. The van der Waals surface area contributed by atoms with Gasteiger partial charge in [0.1, 0.15) is 11.5 Å². The molecule has 12 heteroatoms. The average Bonchev–Trinajstić information content (AvgIpc) is 3.28. The average molecular weight is 579 g/mol. The number of piperidine rings is 1. The lowest BCUT2D eigenvalue weighted by atomic mass is 9.80. The number of imidazole rings is 1. The second-order valence-corrected chi connectivity index (χ2v) is 11.1. The highest BCUT2D eigenvalue weighted by Crippen LogP contribution is 2.38. The molecule has 0 radical (unpaired) electrons. The largest absolute Gasteiger partial charge is 0.478 e. The van der Waals surface area contributed by atoms with Crippen molar-refractivity contribution in [1.82, 2.24) is 19.1 Å². The third-order valence-electron chi connectivity index (χ3n) is 7.83. The number of halogens is 1. The van der Waals surface area contributed by atoms with Crippen molar-refractivity contribution in [1.29, 1.82) is 0 Å². The Morgan fingerprint density at radius 2 is 1.93 bits per heavy atom. The normalized spacial score (nSPS) is 18.2. The summed E-state index contributed by atoms with van der Waals surface area (Å²) in [7, 11) is 1.58. The predicted octanol–water partition coefficient (Wildman–Crippen LogP) is 3.94. The zero-order valence-corrected chi connectivity index (χ0v) is 23.4. The Kier molecular flexibility index (Phi) is 7.08. The molecular weight excluding hydrogens is 548 g/mol. The van der Waals surface area contributed by atoms with Gasteiger partial charge in [0.2, 0.25) is 11.5 Å². The van der Waals surface area contributed by atoms with Crippen LogP contribution in [-0.4, -0.2) is 54.9 Å². The van der Waals surface area contributed by atoms with Crippen molar-refractivity contribution in [3.05, 3.63) is 69.5 Å². The fourth-order valence-electron chi connectivity index (χ4n) is 5.39. The molecule has 0 amide bonds. The summed E-state index contributed by atoms with van der Waals surface area (Å²) in [6, 6.07) is 14.2. The molecule has 214 valence electrons. The van der Waals surface area contributed by atoms with E-state index in [0.29, 0.717) is 53.9 Å². The van der Waals surface area contributed by atoms with Crippen LogP contribution in [0.2, 0.25) is 5.02 Å². The number of aromatic nitrogens is 4. The highest BCUT2D eigenvalue weighted by molar-refractivity contribution is 6.31. The van der Waals surface area contributed by atoms with E-state index < -0.39 is 11.6 Å². The molecule has 4 aromatic rings. The molecule has 2 aromatic heterocycles. The minimum absolute atomic E-state index is 0.00158. The summed E-state index contributed by atoms with van der Waals surface area (Å²) < 4.78 is 15.1. The number of carboxylic acids is 1. The van der Waals surface area contributed by atoms with Gasteiger partial charge in [0.15, 0.2) is 11.2 Å². The Morgan fingerprint density at radius 1 is 1.15 bits per heavy atom. The van der Waals surface area contributed by atoms with Gasteiger partial charge in [-0.2, -0.15) is 9.97 Å². The SMILES string of the molecule is Cn1c(Oc2cccc(OC3(C(=O)O)CCC3)c2)nc2nc(N3CCC[C@@H](N)C3)n(Cc3ccccc3Cl)c2c1=O. The molecule has 1 aliphatic heterocycles. The smallest absolute Gasteiger partial charge is 0.348 e. The topological polar surface area (TPSA) is 138 Å². The van der Waals surface area contributed by atoms with Gasteiger partial charge in [0, 0.05) is 37.3 Å². The summed E-state index contributed by atoms with van der Waals surface area (Å²) in [5, 5.41) is 10.2. The molecule has 41 heavy (non-hydrogen) atoms. The van der Waals surface area contributed by atoms with Crippen LogP contribution in [0.25, 0.3) is 11.2 Å². The Hall–Kier alpha value is -4.09. The fourth-order valence-corrected chi connectivity index (χ4v) is 5.59. The number of hydrogen-bond acceptors (Lipinski definition) is 8. The summed E-state index contributed by atoms with van der Waals surface area (Å²) >= 11 is 6.49. The van der Waals surface area contributed by atoms with E-state index in [1.807, 2.05) is 28.8 Å². The first-order valence-electron chi connectivity index (χ1n) is 13.7. The van der Waals surface area contributed by atoms with Crippen LogP contribution in [0.1, 0.15) is 37.7 Å². The van der Waals surface area contributed by atoms with Gasteiger partial charge in [-0.15, -0.1) is 0 Å². The Balaban J connectivity index is 1.38. The van der Waals surface area contributed by atoms with Crippen LogP contribution >= 0.6 is 11.6 Å². The quantitative estimate of drug-likeness (QED) is 0.318. The second kappa shape index (κ2) is 10.7. The molecule has 2 fully saturated rings. The van der Waals surface area contributed by atoms with Crippen LogP contribution in [-0.2, 0) is 18.4 Å². The molecule has 1 saturated carbocycles. The van der Waals surface area contributed by atoms with Crippen molar-refractivity contribution in [2.45, 2.75) is 50.3 Å². The van der Waals surface area contributed by atoms with E-state index in [-0.39, 0.29) is 23.3 Å². The second-order valence-electron chi connectivity index (χ2n) is 10.7. The van der Waals surface area contributed by atoms with Gasteiger partial charge in [-0.3, -0.25) is 13.9 Å². The van der Waals surface area contributed by atoms with Gasteiger partial charge in [0.05, 0.1) is 6.54 Å². The van der Waals surface area contributed by atoms with E-state index in [2.05, 4.69) is 9.88 Å². The van der Waals surface area contributed by atoms with Gasteiger partial charge in [0.25, 0.3) is 5.56 Å². The Labute approximate surface area is 241 Å². The first-order valence-corrected chi connectivity index (χ1v) is 14.0. The van der Waals surface area contributed by atoms with Crippen molar-refractivity contribution in [2.24, 2.45) is 12.8 Å². The lowest BCUT2D eigenvalue weighted by Crippen LogP contribution is -2.50. The first kappa shape index (κ1) is 27.1. The Bertz CT molecular complexity index is 1680. The molecule has 6 rings (SSSR count). The Morgan fingerprint density at radius 3 is 2.63 bits per heavy atom. The molecular formula is C29H31ClN6O5. The summed E-state index contributed by atoms with van der Waals surface area (Å²) in [5.41, 5.74) is 6.16. The molecule has 1 saturated heterocycles. The van der Waals surface area contributed by atoms with E-state index in [1.54, 1.807) is 31.3 Å². The standard InChI is InChI=1S/C29H31ClN6O5/c1-34-25(37)23-24(33-28(34)40-20-9-4-10-21(15-20)41-29(26(38)39)12-6-13-29)32-27(35-14-5-8-19(31)17-35)36(23)16-18-7-2-3-11-22(18)30/h2-4,7,9-11,15,19H,5-6,8,12-14,16-17,31H2,1H3,(H,38,39)/t19-/m1/s1. The van der Waals surface area contributed by atoms with Crippen LogP contribution < -0.4 is 25.7 Å². The highest BCUT2D eigenvalue weighted by Gasteiger charge is 2.47. The zero-order valence-electron chi connectivity index (χ0n) is 22.6. The molecule has 0 bridgehead atoms. The predicted molar refractivity (Wildman–Crippen MR) is 154 cm³/mol. The van der Waals surface area contributed by atoms with E-state index in [1.165, 1.54) is 4.57 Å². The lowest BCUT2D eigenvalue weighted by molar-refractivity contribution is -0.163. The van der Waals surface area contributed by atoms with Gasteiger partial charge < -0.3 is 25.2 Å². The van der Waals surface area contributed by atoms with E-state index in [4.69, 9.17) is 31.8 Å². The number of carboxylic acid groups (broad SMARTS) is 1. The summed E-state index contributed by atoms with van der Waals surface area (Å²) in [6.45, 7) is 1.70. The van der Waals surface area contributed by atoms with Gasteiger partial charge in [-0.25, -0.2) is 4.79 Å². The fraction of sp³-hybridized carbons (Fsp3) is 0.379. The minimum atomic E-state index is -1.22. The van der Waals surface area contributed by atoms with E-state index in [0.717, 1.165) is 31.4 Å². The number of benzene rings is 2. The van der Waals surface area contributed by atoms with Crippen molar-refractivity contribution in [3.63, 3.8) is 0 Å². The summed E-state index contributed by atoms with van der Waals surface area (Å²) in [4.78, 5) is 37.1. The molecule has 0 unspecified atom stereocenters.